The first-order valence-corrected chi connectivity index (χ1v) is 5.04. The Labute approximate surface area is 85.2 Å². The zero-order valence-electron chi connectivity index (χ0n) is 8.51. The molecule has 2 rings (SSSR count). The summed E-state index contributed by atoms with van der Waals surface area (Å²) < 4.78 is 0. The van der Waals surface area contributed by atoms with Crippen LogP contribution in [0.2, 0.25) is 0 Å². The molecule has 0 aliphatic carbocycles. The number of para-hydroxylation sites is 1. The van der Waals surface area contributed by atoms with Gasteiger partial charge in [-0.1, -0.05) is 31.7 Å². The second-order valence-electron chi connectivity index (χ2n) is 3.53. The summed E-state index contributed by atoms with van der Waals surface area (Å²) in [5.41, 5.74) is 5.24. The molecule has 0 unspecified atom stereocenters. The molecule has 0 aromatic heterocycles. The minimum atomic E-state index is 1.06. The zero-order valence-corrected chi connectivity index (χ0v) is 8.51. The minimum Gasteiger partial charge on any atom is -0.355 e. The predicted octanol–water partition coefficient (Wildman–Crippen LogP) is 3.50. The summed E-state index contributed by atoms with van der Waals surface area (Å²) in [5, 5.41) is 3.41. The summed E-state index contributed by atoms with van der Waals surface area (Å²) >= 11 is 0. The molecule has 72 valence electrons. The lowest BCUT2D eigenvalue weighted by atomic mass is 9.96. The maximum Gasteiger partial charge on any atom is 0.0420 e. The molecule has 0 saturated carbocycles. The van der Waals surface area contributed by atoms with Gasteiger partial charge < -0.3 is 5.32 Å². The molecular weight excluding hydrogens is 170 g/mol. The fourth-order valence-corrected chi connectivity index (χ4v) is 1.87. The van der Waals surface area contributed by atoms with Gasteiger partial charge in [-0.05, 0) is 36.1 Å². The highest BCUT2D eigenvalue weighted by atomic mass is 14.9. The molecule has 1 aliphatic heterocycles. The van der Waals surface area contributed by atoms with Gasteiger partial charge in [0, 0.05) is 11.4 Å². The first kappa shape index (κ1) is 9.07. The second kappa shape index (κ2) is 3.70. The van der Waals surface area contributed by atoms with Gasteiger partial charge in [-0.25, -0.2) is 0 Å². The van der Waals surface area contributed by atoms with Crippen molar-refractivity contribution in [3.63, 3.8) is 0 Å². The fraction of sp³-hybridized carbons (Fsp3) is 0.231. The minimum absolute atomic E-state index is 1.06. The molecule has 1 nitrogen and oxygen atoms in total. The Bertz CT molecular complexity index is 388. The van der Waals surface area contributed by atoms with Crippen LogP contribution in [0.15, 0.2) is 48.2 Å². The lowest BCUT2D eigenvalue weighted by Gasteiger charge is -2.22. The van der Waals surface area contributed by atoms with Crippen LogP contribution in [0, 0.1) is 0 Å². The quantitative estimate of drug-likeness (QED) is 0.743. The van der Waals surface area contributed by atoms with E-state index in [2.05, 4.69) is 43.1 Å². The molecule has 0 amide bonds. The Morgan fingerprint density at radius 2 is 2.21 bits per heavy atom. The normalized spacial score (nSPS) is 14.6. The van der Waals surface area contributed by atoms with Crippen LogP contribution in [0.3, 0.4) is 0 Å². The van der Waals surface area contributed by atoms with E-state index in [0.29, 0.717) is 0 Å². The van der Waals surface area contributed by atoms with Crippen LogP contribution in [0.4, 0.5) is 5.69 Å². The largest absolute Gasteiger partial charge is 0.355 e. The third-order valence-electron chi connectivity index (χ3n) is 2.70. The Morgan fingerprint density at radius 1 is 1.43 bits per heavy atom. The van der Waals surface area contributed by atoms with Crippen molar-refractivity contribution in [3.8, 4) is 0 Å². The lowest BCUT2D eigenvalue weighted by molar-refractivity contribution is 0.965. The maximum atomic E-state index is 3.84. The van der Waals surface area contributed by atoms with Crippen molar-refractivity contribution in [1.29, 1.82) is 0 Å². The summed E-state index contributed by atoms with van der Waals surface area (Å²) in [6.07, 6.45) is 4.05. The highest BCUT2D eigenvalue weighted by molar-refractivity contribution is 5.61. The van der Waals surface area contributed by atoms with Crippen LogP contribution in [0.1, 0.15) is 18.9 Å². The van der Waals surface area contributed by atoms with Crippen molar-refractivity contribution in [1.82, 2.24) is 0 Å². The number of benzene rings is 1. The zero-order chi connectivity index (χ0) is 9.97. The number of hydrogen-bond acceptors (Lipinski definition) is 1. The van der Waals surface area contributed by atoms with Crippen molar-refractivity contribution in [2.45, 2.75) is 19.8 Å². The Kier molecular flexibility index (Phi) is 2.40. The number of rotatable bonds is 2. The summed E-state index contributed by atoms with van der Waals surface area (Å²) in [6.45, 7) is 6.02. The first-order chi connectivity index (χ1) is 6.85. The number of fused-ring (bicyclic) bond motifs is 1. The highest BCUT2D eigenvalue weighted by Crippen LogP contribution is 2.28. The van der Waals surface area contributed by atoms with E-state index < -0.39 is 0 Å². The Hall–Kier alpha value is -1.50. The highest BCUT2D eigenvalue weighted by Gasteiger charge is 2.13. The summed E-state index contributed by atoms with van der Waals surface area (Å²) in [7, 11) is 0. The molecule has 14 heavy (non-hydrogen) atoms. The summed E-state index contributed by atoms with van der Waals surface area (Å²) in [6, 6.07) is 8.44. The third kappa shape index (κ3) is 1.46. The van der Waals surface area contributed by atoms with Crippen molar-refractivity contribution in [2.24, 2.45) is 0 Å². The molecule has 1 aliphatic rings. The van der Waals surface area contributed by atoms with Crippen molar-refractivity contribution in [2.75, 3.05) is 5.32 Å². The van der Waals surface area contributed by atoms with Crippen LogP contribution in [-0.4, -0.2) is 0 Å². The monoisotopic (exact) mass is 185 g/mol. The van der Waals surface area contributed by atoms with E-state index in [4.69, 9.17) is 0 Å². The van der Waals surface area contributed by atoms with Crippen LogP contribution < -0.4 is 5.32 Å². The van der Waals surface area contributed by atoms with Gasteiger partial charge in [0.25, 0.3) is 0 Å². The molecule has 0 spiro atoms. The van der Waals surface area contributed by atoms with Crippen LogP contribution in [-0.2, 0) is 6.42 Å². The van der Waals surface area contributed by atoms with Crippen LogP contribution in [0.5, 0.6) is 0 Å². The van der Waals surface area contributed by atoms with Crippen molar-refractivity contribution in [3.05, 3.63) is 53.8 Å². The Morgan fingerprint density at radius 3 is 2.93 bits per heavy atom. The standard InChI is InChI=1S/C13H15N/c1-3-10-9-11-7-5-6-8-13(11)14-12(10)4-2/h4-8,14H,2-3,9H2,1H3. The van der Waals surface area contributed by atoms with E-state index in [1.807, 2.05) is 6.08 Å². The molecule has 1 aromatic rings. The fourth-order valence-electron chi connectivity index (χ4n) is 1.87. The van der Waals surface area contributed by atoms with Gasteiger partial charge >= 0.3 is 0 Å². The molecule has 0 atom stereocenters. The van der Waals surface area contributed by atoms with E-state index in [-0.39, 0.29) is 0 Å². The SMILES string of the molecule is C=CC1=C(CC)Cc2ccccc2N1. The Balaban J connectivity index is 2.40. The van der Waals surface area contributed by atoms with E-state index in [0.717, 1.165) is 12.8 Å². The number of anilines is 1. The molecule has 0 saturated heterocycles. The van der Waals surface area contributed by atoms with Crippen molar-refractivity contribution >= 4 is 5.69 Å². The molecule has 1 heteroatoms. The van der Waals surface area contributed by atoms with Gasteiger partial charge in [0.05, 0.1) is 0 Å². The van der Waals surface area contributed by atoms with Crippen molar-refractivity contribution < 1.29 is 0 Å². The number of hydrogen-bond donors (Lipinski definition) is 1. The molecule has 1 heterocycles. The molecular formula is C13H15N. The molecule has 0 fully saturated rings. The van der Waals surface area contributed by atoms with Crippen LogP contribution >= 0.6 is 0 Å². The van der Waals surface area contributed by atoms with Gasteiger partial charge in [-0.15, -0.1) is 0 Å². The van der Waals surface area contributed by atoms with Gasteiger partial charge in [0.2, 0.25) is 0 Å². The molecule has 1 N–H and O–H groups in total. The third-order valence-corrected chi connectivity index (χ3v) is 2.70. The summed E-state index contributed by atoms with van der Waals surface area (Å²) in [5.74, 6) is 0. The van der Waals surface area contributed by atoms with E-state index in [1.54, 1.807) is 0 Å². The molecule has 1 aromatic carbocycles. The van der Waals surface area contributed by atoms with Gasteiger partial charge in [0.15, 0.2) is 0 Å². The van der Waals surface area contributed by atoms with Crippen LogP contribution in [0.25, 0.3) is 0 Å². The van der Waals surface area contributed by atoms with Gasteiger partial charge in [0.1, 0.15) is 0 Å². The second-order valence-corrected chi connectivity index (χ2v) is 3.53. The number of nitrogens with one attached hydrogen (secondary N) is 1. The molecule has 0 bridgehead atoms. The summed E-state index contributed by atoms with van der Waals surface area (Å²) in [4.78, 5) is 0. The molecule has 0 radical (unpaired) electrons. The first-order valence-electron chi connectivity index (χ1n) is 5.04. The van der Waals surface area contributed by atoms with Gasteiger partial charge in [-0.3, -0.25) is 0 Å². The smallest absolute Gasteiger partial charge is 0.0420 e. The van der Waals surface area contributed by atoms with E-state index in [1.165, 1.54) is 22.5 Å². The van der Waals surface area contributed by atoms with Gasteiger partial charge in [-0.2, -0.15) is 0 Å². The average Bonchev–Trinajstić information content (AvgIpc) is 2.27. The average molecular weight is 185 g/mol. The number of allylic oxidation sites excluding steroid dienone is 2. The lowest BCUT2D eigenvalue weighted by Crippen LogP contribution is -2.11. The predicted molar refractivity (Wildman–Crippen MR) is 61.3 cm³/mol. The maximum absolute atomic E-state index is 3.84. The van der Waals surface area contributed by atoms with E-state index >= 15 is 0 Å². The van der Waals surface area contributed by atoms with E-state index in [9.17, 15) is 0 Å². The topological polar surface area (TPSA) is 12.0 Å².